The molecular weight excluding hydrogens is 258 g/mol. The minimum absolute atomic E-state index is 0.362. The van der Waals surface area contributed by atoms with Crippen LogP contribution in [0.1, 0.15) is 31.1 Å². The fourth-order valence-electron chi connectivity index (χ4n) is 2.80. The molecular formula is C19H19NO. The summed E-state index contributed by atoms with van der Waals surface area (Å²) in [7, 11) is 0. The Morgan fingerprint density at radius 2 is 1.71 bits per heavy atom. The van der Waals surface area contributed by atoms with E-state index >= 15 is 0 Å². The van der Waals surface area contributed by atoms with Gasteiger partial charge in [0.15, 0.2) is 0 Å². The van der Waals surface area contributed by atoms with Gasteiger partial charge in [0.1, 0.15) is 0 Å². The lowest BCUT2D eigenvalue weighted by Gasteiger charge is -2.32. The van der Waals surface area contributed by atoms with E-state index in [4.69, 9.17) is 0 Å². The van der Waals surface area contributed by atoms with Gasteiger partial charge in [-0.25, -0.2) is 0 Å². The summed E-state index contributed by atoms with van der Waals surface area (Å²) < 4.78 is 0. The third kappa shape index (κ3) is 2.43. The first-order valence-corrected chi connectivity index (χ1v) is 7.17. The summed E-state index contributed by atoms with van der Waals surface area (Å²) in [6.45, 7) is 4.15. The van der Waals surface area contributed by atoms with E-state index < -0.39 is 6.10 Å². The third-order valence-electron chi connectivity index (χ3n) is 4.21. The van der Waals surface area contributed by atoms with Crippen molar-refractivity contribution >= 4 is 10.8 Å². The molecule has 0 bridgehead atoms. The van der Waals surface area contributed by atoms with Crippen molar-refractivity contribution < 1.29 is 5.11 Å². The molecule has 1 unspecified atom stereocenters. The lowest BCUT2D eigenvalue weighted by molar-refractivity contribution is 0.102. The number of aliphatic hydroxyl groups excluding tert-OH is 1. The summed E-state index contributed by atoms with van der Waals surface area (Å²) in [5.74, 6) is 0. The molecule has 0 fully saturated rings. The van der Waals surface area contributed by atoms with Gasteiger partial charge in [0, 0.05) is 23.2 Å². The summed E-state index contributed by atoms with van der Waals surface area (Å²) in [6.07, 6.45) is 3.03. The lowest BCUT2D eigenvalue weighted by atomic mass is 9.76. The van der Waals surface area contributed by atoms with E-state index in [9.17, 15) is 5.11 Å². The summed E-state index contributed by atoms with van der Waals surface area (Å²) >= 11 is 0. The van der Waals surface area contributed by atoms with Gasteiger partial charge in [-0.05, 0) is 22.6 Å². The van der Waals surface area contributed by atoms with Crippen LogP contribution in [0.25, 0.3) is 10.8 Å². The number of hydrogen-bond donors (Lipinski definition) is 1. The van der Waals surface area contributed by atoms with Crippen molar-refractivity contribution in [2.75, 3.05) is 0 Å². The first-order chi connectivity index (χ1) is 10.1. The summed E-state index contributed by atoms with van der Waals surface area (Å²) in [4.78, 5) is 4.15. The van der Waals surface area contributed by atoms with Crippen LogP contribution < -0.4 is 0 Å². The highest BCUT2D eigenvalue weighted by Crippen LogP contribution is 2.39. The van der Waals surface area contributed by atoms with Crippen molar-refractivity contribution in [1.29, 1.82) is 0 Å². The van der Waals surface area contributed by atoms with Crippen molar-refractivity contribution in [2.24, 2.45) is 0 Å². The summed E-state index contributed by atoms with van der Waals surface area (Å²) in [5.41, 5.74) is 1.71. The molecule has 3 rings (SSSR count). The molecule has 0 aliphatic carbocycles. The Morgan fingerprint density at radius 1 is 0.952 bits per heavy atom. The number of rotatable bonds is 3. The Kier molecular flexibility index (Phi) is 3.48. The smallest absolute Gasteiger partial charge is 0.0887 e. The van der Waals surface area contributed by atoms with Crippen LogP contribution in [0.3, 0.4) is 0 Å². The Morgan fingerprint density at radius 3 is 2.48 bits per heavy atom. The predicted octanol–water partition coefficient (Wildman–Crippen LogP) is 4.25. The van der Waals surface area contributed by atoms with E-state index in [0.717, 1.165) is 21.9 Å². The van der Waals surface area contributed by atoms with Crippen molar-refractivity contribution in [3.63, 3.8) is 0 Å². The van der Waals surface area contributed by atoms with E-state index in [1.54, 1.807) is 6.20 Å². The Balaban J connectivity index is 2.10. The molecule has 0 radical (unpaired) electrons. The largest absolute Gasteiger partial charge is 0.387 e. The van der Waals surface area contributed by atoms with Gasteiger partial charge < -0.3 is 5.11 Å². The van der Waals surface area contributed by atoms with Crippen molar-refractivity contribution in [3.05, 3.63) is 78.1 Å². The van der Waals surface area contributed by atoms with Gasteiger partial charge in [0.2, 0.25) is 0 Å². The monoisotopic (exact) mass is 277 g/mol. The van der Waals surface area contributed by atoms with Gasteiger partial charge in [-0.15, -0.1) is 0 Å². The Bertz CT molecular complexity index is 744. The SMILES string of the molecule is CC(C)(c1ccccc1)C(O)c1cccc2cnccc12. The molecule has 0 saturated heterocycles. The molecule has 106 valence electrons. The minimum Gasteiger partial charge on any atom is -0.387 e. The number of hydrogen-bond acceptors (Lipinski definition) is 2. The van der Waals surface area contributed by atoms with Crippen LogP contribution in [0.5, 0.6) is 0 Å². The van der Waals surface area contributed by atoms with E-state index in [1.807, 2.05) is 48.7 Å². The minimum atomic E-state index is -0.578. The second-order valence-electron chi connectivity index (χ2n) is 5.93. The highest BCUT2D eigenvalue weighted by Gasteiger charge is 2.31. The molecule has 21 heavy (non-hydrogen) atoms. The maximum atomic E-state index is 11.0. The number of aliphatic hydroxyl groups is 1. The molecule has 0 aliphatic rings. The molecule has 1 atom stereocenters. The van der Waals surface area contributed by atoms with E-state index in [2.05, 4.69) is 31.0 Å². The molecule has 1 heterocycles. The first-order valence-electron chi connectivity index (χ1n) is 7.17. The predicted molar refractivity (Wildman–Crippen MR) is 86.2 cm³/mol. The quantitative estimate of drug-likeness (QED) is 0.776. The van der Waals surface area contributed by atoms with Gasteiger partial charge in [-0.1, -0.05) is 62.4 Å². The fraction of sp³-hybridized carbons (Fsp3) is 0.211. The normalized spacial score (nSPS) is 13.3. The summed E-state index contributed by atoms with van der Waals surface area (Å²) in [6, 6.07) is 18.1. The van der Waals surface area contributed by atoms with Crippen LogP contribution in [0.15, 0.2) is 67.0 Å². The number of nitrogens with zero attached hydrogens (tertiary/aromatic N) is 1. The highest BCUT2D eigenvalue weighted by molar-refractivity contribution is 5.85. The lowest BCUT2D eigenvalue weighted by Crippen LogP contribution is -2.26. The van der Waals surface area contributed by atoms with Gasteiger partial charge in [0.05, 0.1) is 6.10 Å². The molecule has 3 aromatic rings. The van der Waals surface area contributed by atoms with Gasteiger partial charge in [0.25, 0.3) is 0 Å². The second kappa shape index (κ2) is 5.30. The number of benzene rings is 2. The molecule has 2 aromatic carbocycles. The zero-order valence-corrected chi connectivity index (χ0v) is 12.3. The topological polar surface area (TPSA) is 33.1 Å². The van der Waals surface area contributed by atoms with Gasteiger partial charge in [-0.2, -0.15) is 0 Å². The zero-order valence-electron chi connectivity index (χ0n) is 12.3. The van der Waals surface area contributed by atoms with Crippen molar-refractivity contribution in [3.8, 4) is 0 Å². The first kappa shape index (κ1) is 13.8. The molecule has 1 N–H and O–H groups in total. The average Bonchev–Trinajstić information content (AvgIpc) is 2.54. The fourth-order valence-corrected chi connectivity index (χ4v) is 2.80. The third-order valence-corrected chi connectivity index (χ3v) is 4.21. The standard InChI is InChI=1S/C19H19NO/c1-19(2,15-8-4-3-5-9-15)18(21)17-10-6-7-14-13-20-12-11-16(14)17/h3-13,18,21H,1-2H3. The molecule has 0 amide bonds. The van der Waals surface area contributed by atoms with Crippen LogP contribution in [-0.4, -0.2) is 10.1 Å². The number of aromatic nitrogens is 1. The van der Waals surface area contributed by atoms with Crippen molar-refractivity contribution in [1.82, 2.24) is 4.98 Å². The average molecular weight is 277 g/mol. The molecule has 0 aliphatic heterocycles. The zero-order chi connectivity index (χ0) is 14.9. The molecule has 0 spiro atoms. The van der Waals surface area contributed by atoms with Crippen LogP contribution in [0.4, 0.5) is 0 Å². The number of fused-ring (bicyclic) bond motifs is 1. The number of pyridine rings is 1. The van der Waals surface area contributed by atoms with Gasteiger partial charge >= 0.3 is 0 Å². The maximum absolute atomic E-state index is 11.0. The Hall–Kier alpha value is -2.19. The second-order valence-corrected chi connectivity index (χ2v) is 5.93. The van der Waals surface area contributed by atoms with Crippen LogP contribution in [0.2, 0.25) is 0 Å². The molecule has 0 saturated carbocycles. The van der Waals surface area contributed by atoms with Gasteiger partial charge in [-0.3, -0.25) is 4.98 Å². The molecule has 2 heteroatoms. The maximum Gasteiger partial charge on any atom is 0.0887 e. The van der Waals surface area contributed by atoms with Crippen LogP contribution >= 0.6 is 0 Å². The molecule has 2 nitrogen and oxygen atoms in total. The van der Waals surface area contributed by atoms with Crippen LogP contribution in [0, 0.1) is 0 Å². The summed E-state index contributed by atoms with van der Waals surface area (Å²) in [5, 5.41) is 13.1. The molecule has 1 aromatic heterocycles. The Labute approximate surface area is 125 Å². The van der Waals surface area contributed by atoms with E-state index in [-0.39, 0.29) is 5.41 Å². The highest BCUT2D eigenvalue weighted by atomic mass is 16.3. The van der Waals surface area contributed by atoms with Crippen LogP contribution in [-0.2, 0) is 5.41 Å². The van der Waals surface area contributed by atoms with E-state index in [0.29, 0.717) is 0 Å². The van der Waals surface area contributed by atoms with E-state index in [1.165, 1.54) is 0 Å². The van der Waals surface area contributed by atoms with Crippen molar-refractivity contribution in [2.45, 2.75) is 25.4 Å².